The van der Waals surface area contributed by atoms with Gasteiger partial charge >= 0.3 is 6.03 Å². The Kier molecular flexibility index (Phi) is 6.73. The van der Waals surface area contributed by atoms with E-state index in [0.717, 1.165) is 12.4 Å². The van der Waals surface area contributed by atoms with Gasteiger partial charge < -0.3 is 30.2 Å². The van der Waals surface area contributed by atoms with E-state index in [2.05, 4.69) is 15.5 Å². The smallest absolute Gasteiger partial charge is 0.320 e. The van der Waals surface area contributed by atoms with Gasteiger partial charge in [0.05, 0.1) is 13.3 Å². The quantitative estimate of drug-likeness (QED) is 0.648. The fourth-order valence-electron chi connectivity index (χ4n) is 5.04. The molecule has 0 aliphatic carbocycles. The number of fused-ring (bicyclic) bond motifs is 1. The minimum Gasteiger partial charge on any atom is -0.361 e. The first-order valence-electron chi connectivity index (χ1n) is 12.0. The Hall–Kier alpha value is -3.72. The number of halogens is 1. The molecule has 4 amide bonds. The average Bonchev–Trinajstić information content (AvgIpc) is 3.39. The van der Waals surface area contributed by atoms with E-state index in [1.807, 2.05) is 53.4 Å². The molecule has 0 saturated carbocycles. The summed E-state index contributed by atoms with van der Waals surface area (Å²) < 4.78 is 0. The maximum Gasteiger partial charge on any atom is 0.320 e. The van der Waals surface area contributed by atoms with Gasteiger partial charge in [-0.25, -0.2) is 4.79 Å². The summed E-state index contributed by atoms with van der Waals surface area (Å²) in [5.74, 6) is -0.107. The molecule has 3 aliphatic rings. The Morgan fingerprint density at radius 2 is 1.78 bits per heavy atom. The first kappa shape index (κ1) is 24.0. The van der Waals surface area contributed by atoms with Crippen LogP contribution in [-0.2, 0) is 9.59 Å². The van der Waals surface area contributed by atoms with Gasteiger partial charge in [0.25, 0.3) is 5.91 Å². The Morgan fingerprint density at radius 3 is 2.47 bits per heavy atom. The lowest BCUT2D eigenvalue weighted by atomic mass is 10.0. The number of urea groups is 1. The molecule has 3 aliphatic heterocycles. The number of anilines is 1. The third-order valence-corrected chi connectivity index (χ3v) is 7.07. The van der Waals surface area contributed by atoms with Crippen molar-refractivity contribution in [2.24, 2.45) is 0 Å². The second-order valence-electron chi connectivity index (χ2n) is 9.38. The maximum atomic E-state index is 13.6. The number of nitrogens with one attached hydrogen (secondary N) is 2. The van der Waals surface area contributed by atoms with Gasteiger partial charge in [-0.2, -0.15) is 0 Å². The van der Waals surface area contributed by atoms with E-state index in [1.54, 1.807) is 29.2 Å². The van der Waals surface area contributed by atoms with Crippen LogP contribution in [0.25, 0.3) is 0 Å². The van der Waals surface area contributed by atoms with E-state index >= 15 is 0 Å². The predicted octanol–water partition coefficient (Wildman–Crippen LogP) is 3.04. The molecule has 2 saturated heterocycles. The molecule has 0 bridgehead atoms. The van der Waals surface area contributed by atoms with Crippen molar-refractivity contribution < 1.29 is 14.4 Å². The molecule has 2 fully saturated rings. The number of piperidine rings is 1. The van der Waals surface area contributed by atoms with Crippen LogP contribution in [0.15, 0.2) is 66.5 Å². The van der Waals surface area contributed by atoms with Crippen LogP contribution in [0.2, 0.25) is 5.02 Å². The monoisotopic (exact) mass is 508 g/mol. The number of hydrogen-bond acceptors (Lipinski definition) is 5. The highest BCUT2D eigenvalue weighted by molar-refractivity contribution is 6.30. The minimum atomic E-state index is -0.832. The summed E-state index contributed by atoms with van der Waals surface area (Å²) in [6, 6.07) is 14.8. The number of carbonyl (C=O) groups excluding carboxylic acids is 3. The molecule has 0 aromatic heterocycles. The van der Waals surface area contributed by atoms with Crippen molar-refractivity contribution in [3.63, 3.8) is 0 Å². The number of likely N-dealkylation sites (tertiary alicyclic amines) is 1. The van der Waals surface area contributed by atoms with Crippen molar-refractivity contribution in [2.45, 2.75) is 24.9 Å². The van der Waals surface area contributed by atoms with Crippen molar-refractivity contribution in [3.8, 4) is 0 Å². The topological polar surface area (TPSA) is 88.2 Å². The molecule has 0 spiro atoms. The summed E-state index contributed by atoms with van der Waals surface area (Å²) in [6.07, 6.45) is 3.29. The molecular weight excluding hydrogens is 480 g/mol. The molecule has 36 heavy (non-hydrogen) atoms. The van der Waals surface area contributed by atoms with Crippen molar-refractivity contribution in [3.05, 3.63) is 77.1 Å². The highest BCUT2D eigenvalue weighted by atomic mass is 35.5. The summed E-state index contributed by atoms with van der Waals surface area (Å²) in [5.41, 5.74) is 1.99. The fraction of sp³-hybridized carbons (Fsp3) is 0.346. The van der Waals surface area contributed by atoms with Crippen LogP contribution in [0.3, 0.4) is 0 Å². The van der Waals surface area contributed by atoms with Gasteiger partial charge in [-0.05, 0) is 36.6 Å². The molecule has 1 atom stereocenters. The number of rotatable bonds is 5. The van der Waals surface area contributed by atoms with Crippen molar-refractivity contribution in [2.75, 3.05) is 38.8 Å². The summed E-state index contributed by atoms with van der Waals surface area (Å²) in [5, 5.41) is 6.09. The molecular formula is C26H29ClN6O3. The zero-order valence-corrected chi connectivity index (χ0v) is 20.8. The molecule has 9 nitrogen and oxygen atoms in total. The van der Waals surface area contributed by atoms with Crippen molar-refractivity contribution >= 4 is 35.1 Å². The average molecular weight is 509 g/mol. The second kappa shape index (κ2) is 10.1. The second-order valence-corrected chi connectivity index (χ2v) is 9.81. The lowest BCUT2D eigenvalue weighted by Gasteiger charge is -2.38. The highest BCUT2D eigenvalue weighted by Crippen LogP contribution is 2.30. The minimum absolute atomic E-state index is 0.0608. The predicted molar refractivity (Wildman–Crippen MR) is 137 cm³/mol. The van der Waals surface area contributed by atoms with Gasteiger partial charge in [0.15, 0.2) is 0 Å². The van der Waals surface area contributed by atoms with E-state index < -0.39 is 12.1 Å². The zero-order valence-electron chi connectivity index (χ0n) is 20.1. The van der Waals surface area contributed by atoms with E-state index in [0.29, 0.717) is 48.9 Å². The van der Waals surface area contributed by atoms with Crippen LogP contribution in [0.1, 0.15) is 24.4 Å². The van der Waals surface area contributed by atoms with Gasteiger partial charge in [-0.15, -0.1) is 0 Å². The molecule has 1 unspecified atom stereocenters. The van der Waals surface area contributed by atoms with Crippen LogP contribution >= 0.6 is 11.6 Å². The van der Waals surface area contributed by atoms with Gasteiger partial charge in [-0.1, -0.05) is 48.0 Å². The Labute approximate surface area is 215 Å². The first-order chi connectivity index (χ1) is 17.4. The van der Waals surface area contributed by atoms with Crippen LogP contribution in [0, 0.1) is 0 Å². The standard InChI is InChI=1S/C26H29ClN6O3/c1-30-15-22-24(34)33(17-32(22)16-30)21-10-12-31(13-11-21)25(35)23(18-6-3-2-4-7-18)29-26(36)28-20-9-5-8-19(27)14-20/h2-9,14-15,21,23H,10-13,16-17H2,1H3,(H2,28,29,36). The summed E-state index contributed by atoms with van der Waals surface area (Å²) in [4.78, 5) is 47.0. The summed E-state index contributed by atoms with van der Waals surface area (Å²) in [7, 11) is 1.96. The normalized spacial score (nSPS) is 18.7. The summed E-state index contributed by atoms with van der Waals surface area (Å²) in [6.45, 7) is 2.35. The van der Waals surface area contributed by atoms with Crippen LogP contribution in [0.5, 0.6) is 0 Å². The Morgan fingerprint density at radius 1 is 1.03 bits per heavy atom. The van der Waals surface area contributed by atoms with Crippen LogP contribution in [-0.4, -0.2) is 77.0 Å². The molecule has 5 rings (SSSR count). The van der Waals surface area contributed by atoms with Gasteiger partial charge in [0.2, 0.25) is 5.91 Å². The van der Waals surface area contributed by atoms with Gasteiger partial charge in [-0.3, -0.25) is 9.59 Å². The van der Waals surface area contributed by atoms with Gasteiger partial charge in [0.1, 0.15) is 11.7 Å². The molecule has 188 valence electrons. The number of nitrogens with zero attached hydrogens (tertiary/aromatic N) is 4. The zero-order chi connectivity index (χ0) is 25.2. The molecule has 3 heterocycles. The lowest BCUT2D eigenvalue weighted by molar-refractivity contribution is -0.135. The third-order valence-electron chi connectivity index (χ3n) is 6.83. The van der Waals surface area contributed by atoms with E-state index in [4.69, 9.17) is 11.6 Å². The van der Waals surface area contributed by atoms with Crippen LogP contribution < -0.4 is 10.6 Å². The molecule has 2 aromatic carbocycles. The lowest BCUT2D eigenvalue weighted by Crippen LogP contribution is -2.51. The van der Waals surface area contributed by atoms with E-state index in [-0.39, 0.29) is 17.9 Å². The van der Waals surface area contributed by atoms with E-state index in [1.165, 1.54) is 0 Å². The third kappa shape index (κ3) is 4.97. The Balaban J connectivity index is 1.24. The molecule has 10 heteroatoms. The molecule has 2 N–H and O–H groups in total. The van der Waals surface area contributed by atoms with Crippen LogP contribution in [0.4, 0.5) is 10.5 Å². The number of hydrogen-bond donors (Lipinski definition) is 2. The largest absolute Gasteiger partial charge is 0.361 e. The highest BCUT2D eigenvalue weighted by Gasteiger charge is 2.41. The number of amides is 4. The Bertz CT molecular complexity index is 1180. The first-order valence-corrected chi connectivity index (χ1v) is 12.4. The molecule has 0 radical (unpaired) electrons. The SMILES string of the molecule is CN1C=C2C(=O)N(C3CCN(C(=O)C(NC(=O)Nc4cccc(Cl)c4)c4ccccc4)CC3)CN2C1. The fourth-order valence-corrected chi connectivity index (χ4v) is 5.23. The molecule has 2 aromatic rings. The maximum absolute atomic E-state index is 13.6. The van der Waals surface area contributed by atoms with Gasteiger partial charge in [0, 0.05) is 43.1 Å². The summed E-state index contributed by atoms with van der Waals surface area (Å²) >= 11 is 6.02. The van der Waals surface area contributed by atoms with Crippen molar-refractivity contribution in [1.29, 1.82) is 0 Å². The number of benzene rings is 2. The van der Waals surface area contributed by atoms with E-state index in [9.17, 15) is 14.4 Å². The van der Waals surface area contributed by atoms with Crippen molar-refractivity contribution in [1.82, 2.24) is 24.9 Å². The number of carbonyl (C=O) groups is 3.